The van der Waals surface area contributed by atoms with Crippen LogP contribution in [-0.4, -0.2) is 11.1 Å². The highest BCUT2D eigenvalue weighted by Crippen LogP contribution is 2.29. The summed E-state index contributed by atoms with van der Waals surface area (Å²) in [6, 6.07) is 7.28. The highest BCUT2D eigenvalue weighted by Gasteiger charge is 2.24. The second kappa shape index (κ2) is 5.17. The topological polar surface area (TPSA) is 46.2 Å². The molecule has 0 saturated heterocycles. The molecule has 2 nitrogen and oxygen atoms in total. The summed E-state index contributed by atoms with van der Waals surface area (Å²) in [5, 5.41) is 10.7. The van der Waals surface area contributed by atoms with E-state index in [-0.39, 0.29) is 11.5 Å². The standard InChI is InChI=1S/C13H20ClNO/c1-13(2,3)12(15)8-11(16)9-6-4-5-7-10(9)14/h4-7,11-12,16H,8,15H2,1-3H3/t11-,12-/m0/s1. The first kappa shape index (κ1) is 13.5. The Bertz CT molecular complexity index is 346. The van der Waals surface area contributed by atoms with Gasteiger partial charge in [-0.1, -0.05) is 50.6 Å². The molecule has 3 heteroatoms. The van der Waals surface area contributed by atoms with Gasteiger partial charge < -0.3 is 10.8 Å². The Kier molecular flexibility index (Phi) is 4.36. The molecule has 2 atom stereocenters. The minimum absolute atomic E-state index is 0.0117. The van der Waals surface area contributed by atoms with Crippen LogP contribution in [0.4, 0.5) is 0 Å². The molecule has 0 heterocycles. The van der Waals surface area contributed by atoms with Gasteiger partial charge in [-0.25, -0.2) is 0 Å². The van der Waals surface area contributed by atoms with Crippen molar-refractivity contribution in [3.8, 4) is 0 Å². The average molecular weight is 242 g/mol. The minimum atomic E-state index is -0.595. The maximum atomic E-state index is 10.1. The fraction of sp³-hybridized carbons (Fsp3) is 0.538. The molecule has 0 spiro atoms. The molecule has 0 unspecified atom stereocenters. The molecule has 0 amide bonds. The van der Waals surface area contributed by atoms with Crippen LogP contribution in [0.1, 0.15) is 38.9 Å². The van der Waals surface area contributed by atoms with Gasteiger partial charge in [0.25, 0.3) is 0 Å². The van der Waals surface area contributed by atoms with Gasteiger partial charge in [-0.2, -0.15) is 0 Å². The van der Waals surface area contributed by atoms with Crippen molar-refractivity contribution in [2.45, 2.75) is 39.3 Å². The van der Waals surface area contributed by atoms with Crippen LogP contribution in [0.3, 0.4) is 0 Å². The zero-order chi connectivity index (χ0) is 12.3. The fourth-order valence-electron chi connectivity index (χ4n) is 1.47. The van der Waals surface area contributed by atoms with Crippen molar-refractivity contribution >= 4 is 11.6 Å². The number of hydrogen-bond donors (Lipinski definition) is 2. The molecule has 0 aliphatic carbocycles. The van der Waals surface area contributed by atoms with E-state index in [1.807, 2.05) is 18.2 Å². The third-order valence-corrected chi connectivity index (χ3v) is 3.20. The summed E-state index contributed by atoms with van der Waals surface area (Å²) in [6.45, 7) is 6.20. The van der Waals surface area contributed by atoms with Gasteiger partial charge in [0.15, 0.2) is 0 Å². The van der Waals surface area contributed by atoms with E-state index in [2.05, 4.69) is 20.8 Å². The van der Waals surface area contributed by atoms with E-state index in [4.69, 9.17) is 17.3 Å². The molecule has 3 N–H and O–H groups in total. The highest BCUT2D eigenvalue weighted by molar-refractivity contribution is 6.31. The second-order valence-corrected chi connectivity index (χ2v) is 5.65. The van der Waals surface area contributed by atoms with Gasteiger partial charge in [0.2, 0.25) is 0 Å². The number of hydrogen-bond acceptors (Lipinski definition) is 2. The molecular weight excluding hydrogens is 222 g/mol. The molecule has 0 aromatic heterocycles. The lowest BCUT2D eigenvalue weighted by atomic mass is 9.83. The van der Waals surface area contributed by atoms with E-state index in [9.17, 15) is 5.11 Å². The van der Waals surface area contributed by atoms with E-state index in [1.54, 1.807) is 6.07 Å². The molecule has 0 bridgehead atoms. The Morgan fingerprint density at radius 2 is 1.88 bits per heavy atom. The van der Waals surface area contributed by atoms with Crippen LogP contribution in [-0.2, 0) is 0 Å². The maximum absolute atomic E-state index is 10.1. The first-order chi connectivity index (χ1) is 7.32. The first-order valence-corrected chi connectivity index (χ1v) is 5.88. The Hall–Kier alpha value is -0.570. The van der Waals surface area contributed by atoms with Crippen molar-refractivity contribution < 1.29 is 5.11 Å². The summed E-state index contributed by atoms with van der Waals surface area (Å²) in [6.07, 6.45) is -0.0734. The van der Waals surface area contributed by atoms with Crippen LogP contribution in [0.2, 0.25) is 5.02 Å². The molecule has 0 radical (unpaired) electrons. The van der Waals surface area contributed by atoms with Crippen LogP contribution in [0.15, 0.2) is 24.3 Å². The lowest BCUT2D eigenvalue weighted by Crippen LogP contribution is -2.36. The summed E-state index contributed by atoms with van der Waals surface area (Å²) < 4.78 is 0. The summed E-state index contributed by atoms with van der Waals surface area (Å²) >= 11 is 6.02. The van der Waals surface area contributed by atoms with Crippen molar-refractivity contribution in [2.75, 3.05) is 0 Å². The van der Waals surface area contributed by atoms with Crippen LogP contribution in [0.25, 0.3) is 0 Å². The Labute approximate surface area is 102 Å². The van der Waals surface area contributed by atoms with E-state index in [0.29, 0.717) is 11.4 Å². The average Bonchev–Trinajstić information content (AvgIpc) is 2.16. The molecule has 0 fully saturated rings. The van der Waals surface area contributed by atoms with Gasteiger partial charge in [-0.3, -0.25) is 0 Å². The quantitative estimate of drug-likeness (QED) is 0.854. The fourth-order valence-corrected chi connectivity index (χ4v) is 1.73. The van der Waals surface area contributed by atoms with E-state index < -0.39 is 6.10 Å². The number of rotatable bonds is 3. The van der Waals surface area contributed by atoms with Crippen LogP contribution in [0, 0.1) is 5.41 Å². The van der Waals surface area contributed by atoms with Crippen LogP contribution >= 0.6 is 11.6 Å². The lowest BCUT2D eigenvalue weighted by Gasteiger charge is -2.29. The summed E-state index contributed by atoms with van der Waals surface area (Å²) in [5.74, 6) is 0. The molecule has 16 heavy (non-hydrogen) atoms. The van der Waals surface area contributed by atoms with Crippen molar-refractivity contribution in [3.05, 3.63) is 34.9 Å². The predicted molar refractivity (Wildman–Crippen MR) is 68.5 cm³/mol. The number of aliphatic hydroxyl groups excluding tert-OH is 1. The van der Waals surface area contributed by atoms with Crippen molar-refractivity contribution in [3.63, 3.8) is 0 Å². The molecular formula is C13H20ClNO. The van der Waals surface area contributed by atoms with E-state index in [0.717, 1.165) is 5.56 Å². The van der Waals surface area contributed by atoms with Crippen molar-refractivity contribution in [2.24, 2.45) is 11.1 Å². The zero-order valence-electron chi connectivity index (χ0n) is 10.1. The van der Waals surface area contributed by atoms with Crippen LogP contribution in [0.5, 0.6) is 0 Å². The van der Waals surface area contributed by atoms with Crippen molar-refractivity contribution in [1.82, 2.24) is 0 Å². The van der Waals surface area contributed by atoms with E-state index in [1.165, 1.54) is 0 Å². The Morgan fingerprint density at radius 3 is 2.38 bits per heavy atom. The van der Waals surface area contributed by atoms with Gasteiger partial charge in [-0.05, 0) is 23.5 Å². The lowest BCUT2D eigenvalue weighted by molar-refractivity contribution is 0.133. The van der Waals surface area contributed by atoms with Gasteiger partial charge in [-0.15, -0.1) is 0 Å². The molecule has 0 aliphatic rings. The molecule has 0 aliphatic heterocycles. The summed E-state index contributed by atoms with van der Waals surface area (Å²) in [5.41, 5.74) is 6.78. The Morgan fingerprint density at radius 1 is 1.31 bits per heavy atom. The third-order valence-electron chi connectivity index (χ3n) is 2.85. The van der Waals surface area contributed by atoms with Crippen molar-refractivity contribution in [1.29, 1.82) is 0 Å². The third kappa shape index (κ3) is 3.48. The minimum Gasteiger partial charge on any atom is -0.388 e. The number of halogens is 1. The molecule has 0 saturated carbocycles. The predicted octanol–water partition coefficient (Wildman–Crippen LogP) is 3.14. The normalized spacial score (nSPS) is 15.9. The summed E-state index contributed by atoms with van der Waals surface area (Å²) in [4.78, 5) is 0. The molecule has 90 valence electrons. The summed E-state index contributed by atoms with van der Waals surface area (Å²) in [7, 11) is 0. The highest BCUT2D eigenvalue weighted by atomic mass is 35.5. The smallest absolute Gasteiger partial charge is 0.0819 e. The van der Waals surface area contributed by atoms with Gasteiger partial charge in [0.1, 0.15) is 0 Å². The largest absolute Gasteiger partial charge is 0.388 e. The molecule has 1 aromatic rings. The van der Waals surface area contributed by atoms with Gasteiger partial charge >= 0.3 is 0 Å². The zero-order valence-corrected chi connectivity index (χ0v) is 10.8. The van der Waals surface area contributed by atoms with E-state index >= 15 is 0 Å². The molecule has 1 aromatic carbocycles. The molecule has 1 rings (SSSR count). The second-order valence-electron chi connectivity index (χ2n) is 5.25. The SMILES string of the molecule is CC(C)(C)[C@@H](N)C[C@H](O)c1ccccc1Cl. The maximum Gasteiger partial charge on any atom is 0.0819 e. The van der Waals surface area contributed by atoms with Gasteiger partial charge in [0.05, 0.1) is 6.10 Å². The monoisotopic (exact) mass is 241 g/mol. The number of benzene rings is 1. The van der Waals surface area contributed by atoms with Gasteiger partial charge in [0, 0.05) is 11.1 Å². The Balaban J connectivity index is 2.73. The number of nitrogens with two attached hydrogens (primary N) is 1. The first-order valence-electron chi connectivity index (χ1n) is 5.50. The van der Waals surface area contributed by atoms with Crippen LogP contribution < -0.4 is 5.73 Å². The number of aliphatic hydroxyl groups is 1.